The van der Waals surface area contributed by atoms with Gasteiger partial charge in [0.15, 0.2) is 23.0 Å². The van der Waals surface area contributed by atoms with Gasteiger partial charge in [0.25, 0.3) is 0 Å². The summed E-state index contributed by atoms with van der Waals surface area (Å²) in [6.07, 6.45) is 3.79. The molecule has 150 valence electrons. The van der Waals surface area contributed by atoms with Gasteiger partial charge in [0, 0.05) is 6.42 Å². The Kier molecular flexibility index (Phi) is 7.08. The van der Waals surface area contributed by atoms with Crippen LogP contribution in [0, 0.1) is 11.8 Å². The Morgan fingerprint density at radius 2 is 1.81 bits per heavy atom. The van der Waals surface area contributed by atoms with Crippen molar-refractivity contribution in [2.75, 3.05) is 0 Å². The number of allylic oxidation sites excluding steroid dienone is 3. The molecule has 1 rings (SSSR count). The average molecular weight is 378 g/mol. The first-order chi connectivity index (χ1) is 12.2. The monoisotopic (exact) mass is 378 g/mol. The maximum absolute atomic E-state index is 12.8. The fourth-order valence-corrected chi connectivity index (χ4v) is 2.90. The van der Waals surface area contributed by atoms with Gasteiger partial charge in [-0.3, -0.25) is 14.4 Å². The summed E-state index contributed by atoms with van der Waals surface area (Å²) in [6, 6.07) is 0. The van der Waals surface area contributed by atoms with Gasteiger partial charge in [0.1, 0.15) is 11.3 Å². The van der Waals surface area contributed by atoms with Crippen molar-refractivity contribution < 1.29 is 29.7 Å². The van der Waals surface area contributed by atoms with Gasteiger partial charge in [-0.05, 0) is 46.1 Å². The highest BCUT2D eigenvalue weighted by molar-refractivity contribution is 6.26. The van der Waals surface area contributed by atoms with Crippen LogP contribution in [0.25, 0.3) is 0 Å². The van der Waals surface area contributed by atoms with Crippen LogP contribution in [-0.2, 0) is 14.4 Å². The number of carbonyl (C=O) groups is 3. The molecule has 0 spiro atoms. The van der Waals surface area contributed by atoms with E-state index in [9.17, 15) is 29.7 Å². The molecular weight excluding hydrogens is 348 g/mol. The number of carbonyl (C=O) groups excluding carboxylic acids is 3. The quantitative estimate of drug-likeness (QED) is 0.340. The summed E-state index contributed by atoms with van der Waals surface area (Å²) >= 11 is 0. The van der Waals surface area contributed by atoms with Crippen LogP contribution in [0.4, 0.5) is 0 Å². The highest BCUT2D eigenvalue weighted by atomic mass is 16.3. The molecule has 0 radical (unpaired) electrons. The number of hydrogen-bond acceptors (Lipinski definition) is 6. The molecule has 0 saturated carbocycles. The lowest BCUT2D eigenvalue weighted by molar-refractivity contribution is -0.140. The minimum atomic E-state index is -2.52. The van der Waals surface area contributed by atoms with Gasteiger partial charge < -0.3 is 15.3 Å². The lowest BCUT2D eigenvalue weighted by Gasteiger charge is -2.26. The van der Waals surface area contributed by atoms with Gasteiger partial charge in [-0.1, -0.05) is 31.6 Å². The minimum absolute atomic E-state index is 0.00226. The predicted octanol–water partition coefficient (Wildman–Crippen LogP) is 2.60. The number of rotatable bonds is 8. The van der Waals surface area contributed by atoms with Crippen LogP contribution < -0.4 is 0 Å². The number of Topliss-reactive ketones (excluding diaryl/α,β-unsaturated/α-hetero) is 2. The Morgan fingerprint density at radius 3 is 2.26 bits per heavy atom. The van der Waals surface area contributed by atoms with E-state index in [1.165, 1.54) is 13.8 Å². The maximum atomic E-state index is 12.8. The molecule has 0 unspecified atom stereocenters. The van der Waals surface area contributed by atoms with Crippen molar-refractivity contribution in [1.82, 2.24) is 0 Å². The zero-order valence-electron chi connectivity index (χ0n) is 16.9. The second-order valence-corrected chi connectivity index (χ2v) is 8.30. The van der Waals surface area contributed by atoms with Crippen molar-refractivity contribution in [3.8, 4) is 0 Å². The summed E-state index contributed by atoms with van der Waals surface area (Å²) in [5.74, 6) is -4.52. The summed E-state index contributed by atoms with van der Waals surface area (Å²) in [6.45, 7) is 10.1. The van der Waals surface area contributed by atoms with Crippen molar-refractivity contribution in [2.45, 2.75) is 65.6 Å². The average Bonchev–Trinajstić information content (AvgIpc) is 2.69. The van der Waals surface area contributed by atoms with Gasteiger partial charge >= 0.3 is 0 Å². The standard InChI is InChI=1S/C21H30O6/c1-12(2)7-8-14-18(24)17(15(22)11-13(3)4)19(25)21(14,27)16(23)9-10-20(5,6)26/h7,9-10,13-14,25-27H,8,11H2,1-6H3/t14-,21+/m0/s1. The van der Waals surface area contributed by atoms with E-state index in [0.29, 0.717) is 0 Å². The topological polar surface area (TPSA) is 112 Å². The van der Waals surface area contributed by atoms with Crippen molar-refractivity contribution in [3.63, 3.8) is 0 Å². The van der Waals surface area contributed by atoms with E-state index in [1.54, 1.807) is 33.8 Å². The Labute approximate surface area is 160 Å². The van der Waals surface area contributed by atoms with Crippen molar-refractivity contribution in [1.29, 1.82) is 0 Å². The zero-order chi connectivity index (χ0) is 21.2. The van der Waals surface area contributed by atoms with Gasteiger partial charge in [-0.25, -0.2) is 0 Å². The molecule has 6 nitrogen and oxygen atoms in total. The zero-order valence-corrected chi connectivity index (χ0v) is 16.9. The molecule has 0 aliphatic heterocycles. The van der Waals surface area contributed by atoms with E-state index < -0.39 is 45.8 Å². The first kappa shape index (κ1) is 23.0. The third kappa shape index (κ3) is 5.23. The van der Waals surface area contributed by atoms with E-state index in [4.69, 9.17) is 0 Å². The van der Waals surface area contributed by atoms with Gasteiger partial charge in [-0.15, -0.1) is 0 Å². The van der Waals surface area contributed by atoms with Crippen LogP contribution in [0.15, 0.2) is 35.1 Å². The van der Waals surface area contributed by atoms with Crippen LogP contribution in [0.5, 0.6) is 0 Å². The molecule has 2 atom stereocenters. The minimum Gasteiger partial charge on any atom is -0.508 e. The third-order valence-electron chi connectivity index (χ3n) is 4.32. The van der Waals surface area contributed by atoms with Gasteiger partial charge in [0.05, 0.1) is 11.5 Å². The number of ketones is 3. The Hall–Kier alpha value is -2.05. The summed E-state index contributed by atoms with van der Waals surface area (Å²) in [5, 5.41) is 31.3. The molecule has 6 heteroatoms. The fraction of sp³-hybridized carbons (Fsp3) is 0.571. The van der Waals surface area contributed by atoms with Crippen LogP contribution in [0.2, 0.25) is 0 Å². The number of hydrogen-bond donors (Lipinski definition) is 3. The second-order valence-electron chi connectivity index (χ2n) is 8.30. The normalized spacial score (nSPS) is 23.4. The molecule has 3 N–H and O–H groups in total. The summed E-state index contributed by atoms with van der Waals surface area (Å²) in [7, 11) is 0. The van der Waals surface area contributed by atoms with Gasteiger partial charge in [0.2, 0.25) is 0 Å². The molecule has 0 saturated heterocycles. The summed E-state index contributed by atoms with van der Waals surface area (Å²) < 4.78 is 0. The maximum Gasteiger partial charge on any atom is 0.195 e. The largest absolute Gasteiger partial charge is 0.508 e. The number of aliphatic hydroxyl groups excluding tert-OH is 1. The lowest BCUT2D eigenvalue weighted by Crippen LogP contribution is -2.46. The molecule has 0 bridgehead atoms. The van der Waals surface area contributed by atoms with Crippen LogP contribution in [0.1, 0.15) is 54.4 Å². The highest BCUT2D eigenvalue weighted by Crippen LogP contribution is 2.41. The van der Waals surface area contributed by atoms with Crippen LogP contribution in [0.3, 0.4) is 0 Å². The lowest BCUT2D eigenvalue weighted by atomic mass is 9.82. The van der Waals surface area contributed by atoms with Crippen molar-refractivity contribution in [2.24, 2.45) is 11.8 Å². The molecule has 0 aromatic heterocycles. The second kappa shape index (κ2) is 8.31. The van der Waals surface area contributed by atoms with Gasteiger partial charge in [-0.2, -0.15) is 0 Å². The summed E-state index contributed by atoms with van der Waals surface area (Å²) in [4.78, 5) is 38.0. The Balaban J connectivity index is 3.46. The SMILES string of the molecule is CC(C)=CC[C@H]1C(=O)C(C(=O)CC(C)C)=C(O)[C@]1(O)C(=O)C=CC(C)(C)O. The summed E-state index contributed by atoms with van der Waals surface area (Å²) in [5.41, 5.74) is -3.47. The molecule has 0 heterocycles. The van der Waals surface area contributed by atoms with E-state index >= 15 is 0 Å². The van der Waals surface area contributed by atoms with E-state index in [2.05, 4.69) is 0 Å². The molecule has 0 amide bonds. The highest BCUT2D eigenvalue weighted by Gasteiger charge is 2.58. The van der Waals surface area contributed by atoms with Crippen LogP contribution in [-0.4, -0.2) is 43.9 Å². The third-order valence-corrected chi connectivity index (χ3v) is 4.32. The van der Waals surface area contributed by atoms with Crippen LogP contribution >= 0.6 is 0 Å². The molecule has 1 aliphatic carbocycles. The molecule has 27 heavy (non-hydrogen) atoms. The first-order valence-corrected chi connectivity index (χ1v) is 9.04. The molecule has 0 aromatic carbocycles. The smallest absolute Gasteiger partial charge is 0.195 e. The van der Waals surface area contributed by atoms with E-state index in [-0.39, 0.29) is 18.8 Å². The molecule has 1 aliphatic rings. The Morgan fingerprint density at radius 1 is 1.26 bits per heavy atom. The Bertz CT molecular complexity index is 713. The van der Waals surface area contributed by atoms with Crippen molar-refractivity contribution >= 4 is 17.3 Å². The van der Waals surface area contributed by atoms with Crippen molar-refractivity contribution in [3.05, 3.63) is 35.1 Å². The molecule has 0 fully saturated rings. The molecule has 0 aromatic rings. The molecular formula is C21H30O6. The first-order valence-electron chi connectivity index (χ1n) is 9.04. The predicted molar refractivity (Wildman–Crippen MR) is 102 cm³/mol. The van der Waals surface area contributed by atoms with E-state index in [1.807, 2.05) is 0 Å². The number of aliphatic hydroxyl groups is 3. The van der Waals surface area contributed by atoms with E-state index in [0.717, 1.165) is 17.7 Å². The fourth-order valence-electron chi connectivity index (χ4n) is 2.90.